The van der Waals surface area contributed by atoms with E-state index in [0.717, 1.165) is 27.8 Å². The second kappa shape index (κ2) is 9.43. The smallest absolute Gasteiger partial charge is 0.255 e. The Labute approximate surface area is 244 Å². The Bertz CT molecular complexity index is 1900. The molecule has 2 N–H and O–H groups in total. The lowest BCUT2D eigenvalue weighted by molar-refractivity contribution is -0.0905. The predicted octanol–water partition coefficient (Wildman–Crippen LogP) is 6.43. The van der Waals surface area contributed by atoms with Gasteiger partial charge in [0.1, 0.15) is 17.3 Å². The van der Waals surface area contributed by atoms with Gasteiger partial charge in [0.2, 0.25) is 0 Å². The average Bonchev–Trinajstić information content (AvgIpc) is 3.36. The molecule has 0 radical (unpaired) electrons. The summed E-state index contributed by atoms with van der Waals surface area (Å²) in [7, 11) is 0. The third kappa shape index (κ3) is 3.48. The second-order valence-corrected chi connectivity index (χ2v) is 11.3. The molecule has 0 saturated heterocycles. The van der Waals surface area contributed by atoms with Gasteiger partial charge in [0, 0.05) is 11.1 Å². The van der Waals surface area contributed by atoms with Gasteiger partial charge in [-0.3, -0.25) is 4.79 Å². The molecule has 1 aromatic heterocycles. The fourth-order valence-electron chi connectivity index (χ4n) is 7.05. The fraction of sp³-hybridized carbons (Fsp3) is 0.222. The molecule has 6 nitrogen and oxygen atoms in total. The minimum absolute atomic E-state index is 0.299. The molecular formula is C36H32N2O4. The Morgan fingerprint density at radius 3 is 2.38 bits per heavy atom. The summed E-state index contributed by atoms with van der Waals surface area (Å²) in [5.41, 5.74) is 3.10. The molecule has 2 aliphatic rings. The fourth-order valence-corrected chi connectivity index (χ4v) is 7.05. The number of aromatic nitrogens is 2. The van der Waals surface area contributed by atoms with E-state index < -0.39 is 17.1 Å². The first kappa shape index (κ1) is 26.2. The Morgan fingerprint density at radius 2 is 1.64 bits per heavy atom. The maximum absolute atomic E-state index is 14.3. The van der Waals surface area contributed by atoms with Crippen molar-refractivity contribution >= 4 is 0 Å². The zero-order valence-electron chi connectivity index (χ0n) is 24.1. The van der Waals surface area contributed by atoms with Crippen LogP contribution in [0.25, 0.3) is 11.4 Å². The van der Waals surface area contributed by atoms with Crippen LogP contribution in [0.2, 0.25) is 0 Å². The maximum atomic E-state index is 14.3. The summed E-state index contributed by atoms with van der Waals surface area (Å²) in [5.74, 6) is 0.884. The van der Waals surface area contributed by atoms with Gasteiger partial charge in [-0.1, -0.05) is 78.4 Å². The molecule has 0 bridgehead atoms. The molecule has 0 unspecified atom stereocenters. The minimum atomic E-state index is -1.77. The van der Waals surface area contributed by atoms with Crippen molar-refractivity contribution in [2.24, 2.45) is 0 Å². The summed E-state index contributed by atoms with van der Waals surface area (Å²) in [6.07, 6.45) is 0. The first-order valence-electron chi connectivity index (χ1n) is 14.3. The Hall–Kier alpha value is -4.68. The van der Waals surface area contributed by atoms with Crippen molar-refractivity contribution in [3.8, 4) is 22.9 Å². The summed E-state index contributed by atoms with van der Waals surface area (Å²) in [4.78, 5) is 22.5. The van der Waals surface area contributed by atoms with Crippen LogP contribution in [0.4, 0.5) is 0 Å². The maximum Gasteiger partial charge on any atom is 0.255 e. The van der Waals surface area contributed by atoms with Crippen LogP contribution in [-0.2, 0) is 11.2 Å². The molecule has 0 fully saturated rings. The van der Waals surface area contributed by atoms with Crippen molar-refractivity contribution in [1.29, 1.82) is 0 Å². The first-order valence-corrected chi connectivity index (χ1v) is 14.3. The number of ether oxygens (including phenoxy) is 2. The van der Waals surface area contributed by atoms with E-state index in [1.165, 1.54) is 0 Å². The number of hydrogen-bond donors (Lipinski definition) is 2. The summed E-state index contributed by atoms with van der Waals surface area (Å²) >= 11 is 0. The number of nitrogens with one attached hydrogen (secondary N) is 1. The summed E-state index contributed by atoms with van der Waals surface area (Å²) in [5, 5.41) is 13.4. The average molecular weight is 557 g/mol. The minimum Gasteiger partial charge on any atom is -0.493 e. The zero-order valence-corrected chi connectivity index (χ0v) is 24.1. The van der Waals surface area contributed by atoms with Crippen molar-refractivity contribution < 1.29 is 14.6 Å². The van der Waals surface area contributed by atoms with E-state index in [1.807, 2.05) is 119 Å². The van der Waals surface area contributed by atoms with Gasteiger partial charge in [-0.05, 0) is 62.6 Å². The molecule has 1 aliphatic carbocycles. The summed E-state index contributed by atoms with van der Waals surface area (Å²) in [6, 6.07) is 29.3. The van der Waals surface area contributed by atoms with E-state index in [0.29, 0.717) is 46.3 Å². The highest BCUT2D eigenvalue weighted by atomic mass is 16.5. The largest absolute Gasteiger partial charge is 0.493 e. The molecule has 6 heteroatoms. The van der Waals surface area contributed by atoms with E-state index in [9.17, 15) is 9.90 Å². The van der Waals surface area contributed by atoms with Crippen LogP contribution < -0.4 is 15.0 Å². The van der Waals surface area contributed by atoms with E-state index in [2.05, 4.69) is 4.98 Å². The first-order chi connectivity index (χ1) is 20.3. The number of aliphatic hydroxyl groups is 1. The number of aryl methyl sites for hydroxylation is 3. The number of benzene rings is 4. The number of H-pyrrole nitrogens is 1. The van der Waals surface area contributed by atoms with Gasteiger partial charge in [0.25, 0.3) is 5.56 Å². The predicted molar refractivity (Wildman–Crippen MR) is 162 cm³/mol. The van der Waals surface area contributed by atoms with E-state index in [1.54, 1.807) is 0 Å². The molecule has 7 rings (SSSR count). The number of para-hydroxylation sites is 1. The lowest BCUT2D eigenvalue weighted by atomic mass is 9.69. The van der Waals surface area contributed by atoms with Crippen molar-refractivity contribution in [3.63, 3.8) is 0 Å². The standard InChI is InChI=1S/C36H32N2O4/c1-5-41-27-14-10-9-13-26(27)33-37-32-29(34(39)38-33)31(24-11-7-6-8-12-24)36(25-17-15-21(2)16-18-25)35(32,40)30-23(4)19-22(3)20-28(30)42-36/h6-20,31,40H,5H2,1-4H3,(H,37,38,39)/t31-,35+,36+/m1/s1. The van der Waals surface area contributed by atoms with Gasteiger partial charge in [0.05, 0.1) is 29.3 Å². The molecule has 2 heterocycles. The van der Waals surface area contributed by atoms with E-state index in [-0.39, 0.29) is 5.56 Å². The number of rotatable bonds is 5. The van der Waals surface area contributed by atoms with Gasteiger partial charge in [-0.25, -0.2) is 4.98 Å². The Morgan fingerprint density at radius 1 is 0.929 bits per heavy atom. The topological polar surface area (TPSA) is 84.4 Å². The molecule has 0 amide bonds. The number of nitrogens with zero attached hydrogens (tertiary/aromatic N) is 1. The molecule has 4 aromatic carbocycles. The summed E-state index contributed by atoms with van der Waals surface area (Å²) in [6.45, 7) is 8.39. The third-order valence-corrected chi connectivity index (χ3v) is 8.66. The molecular weight excluding hydrogens is 524 g/mol. The SMILES string of the molecule is CCOc1ccccc1-c1nc2c(c(=O)[nH]1)[C@@H](c1ccccc1)[C@]1(c3ccc(C)cc3)Oc3cc(C)cc(C)c3[C@]21O. The molecule has 1 aliphatic heterocycles. The molecule has 5 aromatic rings. The van der Waals surface area contributed by atoms with Crippen LogP contribution in [0.1, 0.15) is 57.5 Å². The quantitative estimate of drug-likeness (QED) is 0.261. The number of fused-ring (bicyclic) bond motifs is 5. The van der Waals surface area contributed by atoms with Gasteiger partial charge in [-0.15, -0.1) is 0 Å². The van der Waals surface area contributed by atoms with Crippen LogP contribution in [-0.4, -0.2) is 21.7 Å². The van der Waals surface area contributed by atoms with Crippen molar-refractivity contribution in [2.45, 2.75) is 44.8 Å². The molecule has 210 valence electrons. The third-order valence-electron chi connectivity index (χ3n) is 8.66. The molecule has 0 saturated carbocycles. The Kier molecular flexibility index (Phi) is 5.89. The van der Waals surface area contributed by atoms with Crippen LogP contribution in [0.3, 0.4) is 0 Å². The lowest BCUT2D eigenvalue weighted by Gasteiger charge is -2.40. The second-order valence-electron chi connectivity index (χ2n) is 11.3. The highest BCUT2D eigenvalue weighted by Gasteiger charge is 2.73. The van der Waals surface area contributed by atoms with Crippen molar-refractivity contribution in [2.75, 3.05) is 6.61 Å². The Balaban J connectivity index is 1.62. The molecule has 42 heavy (non-hydrogen) atoms. The molecule has 0 spiro atoms. The highest BCUT2D eigenvalue weighted by Crippen LogP contribution is 2.68. The normalized spacial score (nSPS) is 21.8. The van der Waals surface area contributed by atoms with Crippen molar-refractivity contribution in [1.82, 2.24) is 9.97 Å². The monoisotopic (exact) mass is 556 g/mol. The van der Waals surface area contributed by atoms with Crippen molar-refractivity contribution in [3.05, 3.63) is 146 Å². The zero-order chi connectivity index (χ0) is 29.2. The lowest BCUT2D eigenvalue weighted by Crippen LogP contribution is -2.49. The van der Waals surface area contributed by atoms with E-state index >= 15 is 0 Å². The van der Waals surface area contributed by atoms with Crippen LogP contribution in [0, 0.1) is 20.8 Å². The van der Waals surface area contributed by atoms with Gasteiger partial charge in [-0.2, -0.15) is 0 Å². The van der Waals surface area contributed by atoms with Crippen LogP contribution >= 0.6 is 0 Å². The number of hydrogen-bond acceptors (Lipinski definition) is 5. The van der Waals surface area contributed by atoms with Crippen LogP contribution in [0.15, 0.2) is 95.8 Å². The van der Waals surface area contributed by atoms with Crippen LogP contribution in [0.5, 0.6) is 11.5 Å². The number of aromatic amines is 1. The van der Waals surface area contributed by atoms with Gasteiger partial charge < -0.3 is 19.6 Å². The van der Waals surface area contributed by atoms with Gasteiger partial charge in [0.15, 0.2) is 11.2 Å². The highest BCUT2D eigenvalue weighted by molar-refractivity contribution is 5.69. The van der Waals surface area contributed by atoms with Gasteiger partial charge >= 0.3 is 0 Å². The summed E-state index contributed by atoms with van der Waals surface area (Å²) < 4.78 is 12.9. The molecule has 3 atom stereocenters. The van der Waals surface area contributed by atoms with E-state index in [4.69, 9.17) is 14.5 Å².